The lowest BCUT2D eigenvalue weighted by Crippen LogP contribution is -2.24. The molecule has 1 rings (SSSR count). The van der Waals surface area contributed by atoms with Crippen LogP contribution in [0.5, 0.6) is 0 Å². The summed E-state index contributed by atoms with van der Waals surface area (Å²) < 4.78 is 0. The van der Waals surface area contributed by atoms with Gasteiger partial charge in [-0.1, -0.05) is 6.92 Å². The number of nitrogens with zero attached hydrogens (tertiary/aromatic N) is 1. The van der Waals surface area contributed by atoms with Crippen molar-refractivity contribution >= 4 is 12.6 Å². The van der Waals surface area contributed by atoms with Crippen LogP contribution >= 0.6 is 12.6 Å². The number of hydrogen-bond donors (Lipinski definition) is 2. The van der Waals surface area contributed by atoms with Crippen molar-refractivity contribution in [3.8, 4) is 0 Å². The molecule has 1 saturated heterocycles. The van der Waals surface area contributed by atoms with Crippen molar-refractivity contribution in [3.63, 3.8) is 0 Å². The molecular formula is C10H22N2S. The zero-order valence-electron chi connectivity index (χ0n) is 8.58. The Morgan fingerprint density at radius 2 is 2.31 bits per heavy atom. The summed E-state index contributed by atoms with van der Waals surface area (Å²) in [5.41, 5.74) is 5.46. The van der Waals surface area contributed by atoms with Crippen LogP contribution in [0, 0.1) is 5.92 Å². The number of thiol groups is 1. The smallest absolute Gasteiger partial charge is 0.00294 e. The first kappa shape index (κ1) is 11.3. The average Bonchev–Trinajstić information content (AvgIpc) is 2.53. The van der Waals surface area contributed by atoms with Crippen LogP contribution in [0.2, 0.25) is 0 Å². The molecule has 78 valence electrons. The summed E-state index contributed by atoms with van der Waals surface area (Å²) in [6.45, 7) is 6.78. The van der Waals surface area contributed by atoms with E-state index in [0.717, 1.165) is 18.9 Å². The Bertz CT molecular complexity index is 139. The van der Waals surface area contributed by atoms with Gasteiger partial charge in [0.15, 0.2) is 0 Å². The monoisotopic (exact) mass is 202 g/mol. The zero-order chi connectivity index (χ0) is 9.68. The van der Waals surface area contributed by atoms with E-state index in [4.69, 9.17) is 5.73 Å². The Kier molecular flexibility index (Phi) is 5.14. The minimum Gasteiger partial charge on any atom is -0.330 e. The average molecular weight is 202 g/mol. The van der Waals surface area contributed by atoms with Crippen molar-refractivity contribution in [2.45, 2.75) is 31.4 Å². The Morgan fingerprint density at radius 1 is 1.54 bits per heavy atom. The fourth-order valence-corrected chi connectivity index (χ4v) is 2.18. The van der Waals surface area contributed by atoms with E-state index >= 15 is 0 Å². The summed E-state index contributed by atoms with van der Waals surface area (Å²) in [5, 5.41) is 0.555. The van der Waals surface area contributed by atoms with Crippen LogP contribution in [0.15, 0.2) is 0 Å². The van der Waals surface area contributed by atoms with E-state index in [-0.39, 0.29) is 0 Å². The lowest BCUT2D eigenvalue weighted by atomic mass is 10.1. The van der Waals surface area contributed by atoms with Gasteiger partial charge in [-0.15, -0.1) is 0 Å². The molecule has 13 heavy (non-hydrogen) atoms. The highest BCUT2D eigenvalue weighted by molar-refractivity contribution is 7.80. The highest BCUT2D eigenvalue weighted by Gasteiger charge is 2.24. The standard InChI is InChI=1S/C10H22N2S/c1-9(13)10-4-7-12(8-10)6-3-2-5-11/h9-10,13H,2-8,11H2,1H3. The molecule has 3 heteroatoms. The second-order valence-corrected chi connectivity index (χ2v) is 4.90. The van der Waals surface area contributed by atoms with Crippen molar-refractivity contribution in [3.05, 3.63) is 0 Å². The predicted molar refractivity (Wildman–Crippen MR) is 61.3 cm³/mol. The fourth-order valence-electron chi connectivity index (χ4n) is 1.94. The van der Waals surface area contributed by atoms with Gasteiger partial charge in [0.2, 0.25) is 0 Å². The molecule has 2 nitrogen and oxygen atoms in total. The van der Waals surface area contributed by atoms with Gasteiger partial charge in [-0.3, -0.25) is 0 Å². The number of nitrogens with two attached hydrogens (primary N) is 1. The van der Waals surface area contributed by atoms with E-state index in [1.807, 2.05) is 0 Å². The first-order valence-corrected chi connectivity index (χ1v) is 5.86. The summed E-state index contributed by atoms with van der Waals surface area (Å²) >= 11 is 4.50. The van der Waals surface area contributed by atoms with Crippen molar-refractivity contribution in [2.75, 3.05) is 26.2 Å². The second kappa shape index (κ2) is 5.89. The molecule has 0 aliphatic carbocycles. The third-order valence-corrected chi connectivity index (χ3v) is 3.34. The van der Waals surface area contributed by atoms with Crippen LogP contribution in [0.1, 0.15) is 26.2 Å². The molecule has 1 fully saturated rings. The zero-order valence-corrected chi connectivity index (χ0v) is 9.47. The predicted octanol–water partition coefficient (Wildman–Crippen LogP) is 1.37. The van der Waals surface area contributed by atoms with Crippen LogP contribution < -0.4 is 5.73 Å². The molecule has 0 bridgehead atoms. The molecule has 0 amide bonds. The van der Waals surface area contributed by atoms with E-state index in [2.05, 4.69) is 24.5 Å². The first-order valence-electron chi connectivity index (χ1n) is 5.34. The highest BCUT2D eigenvalue weighted by Crippen LogP contribution is 2.22. The van der Waals surface area contributed by atoms with Gasteiger partial charge in [0.1, 0.15) is 0 Å². The van der Waals surface area contributed by atoms with E-state index in [1.54, 1.807) is 0 Å². The van der Waals surface area contributed by atoms with Gasteiger partial charge < -0.3 is 10.6 Å². The molecule has 0 spiro atoms. The third-order valence-electron chi connectivity index (χ3n) is 2.92. The Balaban J connectivity index is 2.10. The van der Waals surface area contributed by atoms with E-state index in [0.29, 0.717) is 5.25 Å². The summed E-state index contributed by atoms with van der Waals surface area (Å²) in [4.78, 5) is 2.55. The van der Waals surface area contributed by atoms with Gasteiger partial charge in [0, 0.05) is 11.8 Å². The summed E-state index contributed by atoms with van der Waals surface area (Å²) in [6.07, 6.45) is 3.75. The molecule has 1 aliphatic heterocycles. The third kappa shape index (κ3) is 3.88. The molecule has 2 atom stereocenters. The summed E-state index contributed by atoms with van der Waals surface area (Å²) in [6, 6.07) is 0. The molecule has 2 N–H and O–H groups in total. The number of likely N-dealkylation sites (tertiary alicyclic amines) is 1. The van der Waals surface area contributed by atoms with Gasteiger partial charge in [0.25, 0.3) is 0 Å². The molecule has 0 aromatic heterocycles. The SMILES string of the molecule is CC(S)C1CCN(CCCCN)C1. The van der Waals surface area contributed by atoms with Gasteiger partial charge in [0.05, 0.1) is 0 Å². The van der Waals surface area contributed by atoms with Gasteiger partial charge in [-0.25, -0.2) is 0 Å². The fraction of sp³-hybridized carbons (Fsp3) is 1.00. The van der Waals surface area contributed by atoms with Crippen LogP contribution in [-0.4, -0.2) is 36.3 Å². The van der Waals surface area contributed by atoms with Crippen LogP contribution in [0.4, 0.5) is 0 Å². The molecule has 2 unspecified atom stereocenters. The van der Waals surface area contributed by atoms with Gasteiger partial charge >= 0.3 is 0 Å². The normalized spacial score (nSPS) is 26.5. The first-order chi connectivity index (χ1) is 6.24. The highest BCUT2D eigenvalue weighted by atomic mass is 32.1. The van der Waals surface area contributed by atoms with Crippen molar-refractivity contribution in [1.82, 2.24) is 4.90 Å². The summed E-state index contributed by atoms with van der Waals surface area (Å²) in [7, 11) is 0. The maximum absolute atomic E-state index is 5.46. The van der Waals surface area contributed by atoms with E-state index in [1.165, 1.54) is 32.5 Å². The molecule has 0 saturated carbocycles. The minimum atomic E-state index is 0.555. The quantitative estimate of drug-likeness (QED) is 0.521. The summed E-state index contributed by atoms with van der Waals surface area (Å²) in [5.74, 6) is 0.807. The lowest BCUT2D eigenvalue weighted by molar-refractivity contribution is 0.317. The molecule has 0 radical (unpaired) electrons. The maximum Gasteiger partial charge on any atom is 0.00294 e. The van der Waals surface area contributed by atoms with Gasteiger partial charge in [-0.05, 0) is 44.8 Å². The van der Waals surface area contributed by atoms with Crippen molar-refractivity contribution < 1.29 is 0 Å². The van der Waals surface area contributed by atoms with E-state index in [9.17, 15) is 0 Å². The number of unbranched alkanes of at least 4 members (excludes halogenated alkanes) is 1. The number of rotatable bonds is 5. The Hall–Kier alpha value is 0.270. The van der Waals surface area contributed by atoms with Crippen LogP contribution in [0.25, 0.3) is 0 Å². The van der Waals surface area contributed by atoms with Crippen molar-refractivity contribution in [1.29, 1.82) is 0 Å². The number of hydrogen-bond acceptors (Lipinski definition) is 3. The minimum absolute atomic E-state index is 0.555. The Morgan fingerprint density at radius 3 is 2.85 bits per heavy atom. The molecular weight excluding hydrogens is 180 g/mol. The lowest BCUT2D eigenvalue weighted by Gasteiger charge is -2.16. The van der Waals surface area contributed by atoms with E-state index < -0.39 is 0 Å². The Labute approximate surface area is 87.3 Å². The van der Waals surface area contributed by atoms with Crippen LogP contribution in [0.3, 0.4) is 0 Å². The molecule has 0 aromatic carbocycles. The molecule has 1 aliphatic rings. The van der Waals surface area contributed by atoms with Crippen molar-refractivity contribution in [2.24, 2.45) is 11.7 Å². The maximum atomic E-state index is 5.46. The molecule has 1 heterocycles. The van der Waals surface area contributed by atoms with Crippen LogP contribution in [-0.2, 0) is 0 Å². The topological polar surface area (TPSA) is 29.3 Å². The second-order valence-electron chi connectivity index (χ2n) is 4.09. The largest absolute Gasteiger partial charge is 0.330 e. The molecule has 0 aromatic rings. The van der Waals surface area contributed by atoms with Gasteiger partial charge in [-0.2, -0.15) is 12.6 Å².